The van der Waals surface area contributed by atoms with Gasteiger partial charge in [0, 0.05) is 17.8 Å². The van der Waals surface area contributed by atoms with E-state index < -0.39 is 39.4 Å². The molecule has 11 heteroatoms. The maximum atomic E-state index is 13.3. The summed E-state index contributed by atoms with van der Waals surface area (Å²) in [5.74, 6) is -2.61. The Kier molecular flexibility index (Phi) is 6.13. The van der Waals surface area contributed by atoms with E-state index in [4.69, 9.17) is 23.2 Å². The lowest BCUT2D eigenvalue weighted by atomic mass is 10.1. The number of hydrogen-bond donors (Lipinski definition) is 1. The predicted octanol–water partition coefficient (Wildman–Crippen LogP) is 3.58. The van der Waals surface area contributed by atoms with Crippen LogP contribution in [0.2, 0.25) is 10.0 Å². The minimum atomic E-state index is -3.49. The molecule has 1 aliphatic heterocycles. The molecule has 1 aromatic heterocycles. The van der Waals surface area contributed by atoms with Crippen molar-refractivity contribution in [3.05, 3.63) is 69.8 Å². The number of carbonyl (C=O) groups excluding carboxylic acids is 3. The van der Waals surface area contributed by atoms with Crippen LogP contribution < -0.4 is 5.32 Å². The minimum Gasteiger partial charge on any atom is -0.324 e. The van der Waals surface area contributed by atoms with Crippen LogP contribution in [0.4, 0.5) is 5.69 Å². The monoisotopic (exact) mass is 505 g/mol. The number of rotatable bonds is 6. The molecule has 8 nitrogen and oxygen atoms in total. The quantitative estimate of drug-likeness (QED) is 0.512. The second-order valence-corrected chi connectivity index (χ2v) is 10.7. The van der Waals surface area contributed by atoms with Crippen molar-refractivity contribution in [2.75, 3.05) is 17.3 Å². The number of pyridine rings is 1. The molecule has 2 heterocycles. The number of nitrogens with one attached hydrogen (secondary N) is 1. The van der Waals surface area contributed by atoms with Gasteiger partial charge < -0.3 is 5.32 Å². The van der Waals surface area contributed by atoms with Gasteiger partial charge in [-0.05, 0) is 42.8 Å². The first-order valence-electron chi connectivity index (χ1n) is 9.76. The number of sulfone groups is 1. The molecule has 0 fully saturated rings. The summed E-state index contributed by atoms with van der Waals surface area (Å²) in [6.45, 7) is 0. The Hall–Kier alpha value is -3.01. The first-order chi connectivity index (χ1) is 15.6. The van der Waals surface area contributed by atoms with Crippen LogP contribution in [0, 0.1) is 0 Å². The molecular formula is C22H17Cl2N3O5S. The van der Waals surface area contributed by atoms with Gasteiger partial charge in [0.2, 0.25) is 5.91 Å². The van der Waals surface area contributed by atoms with Gasteiger partial charge in [0.05, 0.1) is 38.1 Å². The zero-order chi connectivity index (χ0) is 23.9. The van der Waals surface area contributed by atoms with Crippen LogP contribution in [-0.4, -0.2) is 54.1 Å². The van der Waals surface area contributed by atoms with Crippen LogP contribution in [0.3, 0.4) is 0 Å². The maximum Gasteiger partial charge on any atom is 0.262 e. The zero-order valence-corrected chi connectivity index (χ0v) is 19.5. The number of nitrogens with zero attached hydrogens (tertiary/aromatic N) is 2. The molecule has 1 unspecified atom stereocenters. The highest BCUT2D eigenvalue weighted by Gasteiger charge is 2.43. The van der Waals surface area contributed by atoms with Crippen LogP contribution in [0.25, 0.3) is 10.9 Å². The van der Waals surface area contributed by atoms with Gasteiger partial charge in [0.25, 0.3) is 11.8 Å². The van der Waals surface area contributed by atoms with Gasteiger partial charge in [0.15, 0.2) is 0 Å². The number of hydrogen-bond acceptors (Lipinski definition) is 6. The van der Waals surface area contributed by atoms with Crippen LogP contribution in [-0.2, 0) is 14.6 Å². The second-order valence-electron chi connectivity index (χ2n) is 7.59. The molecular weight excluding hydrogens is 489 g/mol. The Bertz CT molecular complexity index is 1380. The summed E-state index contributed by atoms with van der Waals surface area (Å²) in [5, 5.41) is 3.53. The molecule has 0 bridgehead atoms. The molecule has 0 radical (unpaired) electrons. The van der Waals surface area contributed by atoms with Gasteiger partial charge in [-0.15, -0.1) is 0 Å². The van der Waals surface area contributed by atoms with Crippen molar-refractivity contribution in [3.63, 3.8) is 0 Å². The Morgan fingerprint density at radius 2 is 1.70 bits per heavy atom. The molecule has 0 aliphatic carbocycles. The summed E-state index contributed by atoms with van der Waals surface area (Å²) >= 11 is 12.0. The van der Waals surface area contributed by atoms with E-state index in [-0.39, 0.29) is 27.6 Å². The normalized spacial score (nSPS) is 14.5. The summed E-state index contributed by atoms with van der Waals surface area (Å²) < 4.78 is 23.6. The molecule has 0 saturated heterocycles. The summed E-state index contributed by atoms with van der Waals surface area (Å²) in [6.07, 6.45) is 2.35. The minimum absolute atomic E-state index is 0.000849. The van der Waals surface area contributed by atoms with Crippen LogP contribution in [0.1, 0.15) is 27.1 Å². The fourth-order valence-electron chi connectivity index (χ4n) is 3.67. The summed E-state index contributed by atoms with van der Waals surface area (Å²) in [7, 11) is -3.49. The topological polar surface area (TPSA) is 114 Å². The van der Waals surface area contributed by atoms with Gasteiger partial charge >= 0.3 is 0 Å². The van der Waals surface area contributed by atoms with Crippen molar-refractivity contribution in [1.29, 1.82) is 0 Å². The van der Waals surface area contributed by atoms with E-state index in [1.165, 1.54) is 12.1 Å². The standard InChI is InChI=1S/C22H17Cl2N3O5S/c1-33(31,32)9-7-19(20(28)26-18-6-2-5-17-12(18)4-3-8-25-17)27-21(29)13-10-15(23)16(24)11-14(13)22(27)30/h2-6,8,10-11,19H,7,9H2,1H3,(H,26,28). The van der Waals surface area contributed by atoms with Gasteiger partial charge in [-0.1, -0.05) is 29.3 Å². The van der Waals surface area contributed by atoms with Gasteiger partial charge in [0.1, 0.15) is 15.9 Å². The molecule has 3 aromatic rings. The number of halogens is 2. The lowest BCUT2D eigenvalue weighted by Gasteiger charge is -2.25. The fraction of sp³-hybridized carbons (Fsp3) is 0.182. The van der Waals surface area contributed by atoms with Crippen molar-refractivity contribution in [3.8, 4) is 0 Å². The fourth-order valence-corrected chi connectivity index (χ4v) is 4.65. The van der Waals surface area contributed by atoms with E-state index in [1.54, 1.807) is 36.5 Å². The Morgan fingerprint density at radius 3 is 2.30 bits per heavy atom. The Labute approximate surface area is 199 Å². The number of carbonyl (C=O) groups is 3. The largest absolute Gasteiger partial charge is 0.324 e. The highest BCUT2D eigenvalue weighted by atomic mass is 35.5. The van der Waals surface area contributed by atoms with Gasteiger partial charge in [-0.2, -0.15) is 0 Å². The third-order valence-electron chi connectivity index (χ3n) is 5.24. The molecule has 4 rings (SSSR count). The Morgan fingerprint density at radius 1 is 1.06 bits per heavy atom. The number of benzene rings is 2. The second kappa shape index (κ2) is 8.74. The number of anilines is 1. The zero-order valence-electron chi connectivity index (χ0n) is 17.2. The van der Waals surface area contributed by atoms with Crippen molar-refractivity contribution in [2.24, 2.45) is 0 Å². The number of aromatic nitrogens is 1. The van der Waals surface area contributed by atoms with Crippen LogP contribution in [0.15, 0.2) is 48.7 Å². The average molecular weight is 506 g/mol. The van der Waals surface area contributed by atoms with E-state index >= 15 is 0 Å². The van der Waals surface area contributed by atoms with E-state index in [1.807, 2.05) is 0 Å². The highest BCUT2D eigenvalue weighted by molar-refractivity contribution is 7.90. The van der Waals surface area contributed by atoms with Crippen LogP contribution in [0.5, 0.6) is 0 Å². The summed E-state index contributed by atoms with van der Waals surface area (Å²) in [5.41, 5.74) is 1.05. The van der Waals surface area contributed by atoms with E-state index in [0.717, 1.165) is 11.2 Å². The first-order valence-corrected chi connectivity index (χ1v) is 12.6. The van der Waals surface area contributed by atoms with Crippen molar-refractivity contribution in [2.45, 2.75) is 12.5 Å². The SMILES string of the molecule is CS(=O)(=O)CCC(C(=O)Nc1cccc2ncccc12)N1C(=O)c2cc(Cl)c(Cl)cc2C1=O. The smallest absolute Gasteiger partial charge is 0.262 e. The lowest BCUT2D eigenvalue weighted by Crippen LogP contribution is -2.48. The molecule has 0 saturated carbocycles. The molecule has 33 heavy (non-hydrogen) atoms. The first kappa shape index (κ1) is 23.2. The van der Waals surface area contributed by atoms with E-state index in [0.29, 0.717) is 16.6 Å². The number of fused-ring (bicyclic) bond motifs is 2. The molecule has 3 amide bonds. The average Bonchev–Trinajstić information content (AvgIpc) is 2.98. The van der Waals surface area contributed by atoms with Gasteiger partial charge in [-0.3, -0.25) is 24.3 Å². The van der Waals surface area contributed by atoms with Crippen molar-refractivity contribution < 1.29 is 22.8 Å². The van der Waals surface area contributed by atoms with Gasteiger partial charge in [-0.25, -0.2) is 8.42 Å². The van der Waals surface area contributed by atoms with E-state index in [9.17, 15) is 22.8 Å². The summed E-state index contributed by atoms with van der Waals surface area (Å²) in [6, 6.07) is 9.73. The molecule has 170 valence electrons. The number of amides is 3. The van der Waals surface area contributed by atoms with Crippen molar-refractivity contribution >= 4 is 67.4 Å². The van der Waals surface area contributed by atoms with Crippen molar-refractivity contribution in [1.82, 2.24) is 9.88 Å². The number of imide groups is 1. The molecule has 2 aromatic carbocycles. The lowest BCUT2D eigenvalue weighted by molar-refractivity contribution is -0.120. The molecule has 0 spiro atoms. The van der Waals surface area contributed by atoms with Crippen LogP contribution >= 0.6 is 23.2 Å². The molecule has 1 N–H and O–H groups in total. The molecule has 1 aliphatic rings. The molecule has 1 atom stereocenters. The highest BCUT2D eigenvalue weighted by Crippen LogP contribution is 2.33. The Balaban J connectivity index is 1.71. The predicted molar refractivity (Wildman–Crippen MR) is 125 cm³/mol. The maximum absolute atomic E-state index is 13.3. The summed E-state index contributed by atoms with van der Waals surface area (Å²) in [4.78, 5) is 44.4. The van der Waals surface area contributed by atoms with E-state index in [2.05, 4.69) is 10.3 Å². The third kappa shape index (κ3) is 4.57. The third-order valence-corrected chi connectivity index (χ3v) is 6.94.